The van der Waals surface area contributed by atoms with Crippen LogP contribution in [0.2, 0.25) is 0 Å². The molecule has 1 saturated carbocycles. The standard InChI is InChI=1S/C14H29N/c1-5-7-13(6-2)15-14-9-8-11(3)10-12(14)4/h11-15H,5-10H2,1-4H3. The molecule has 4 unspecified atom stereocenters. The van der Waals surface area contributed by atoms with Gasteiger partial charge in [0, 0.05) is 12.1 Å². The smallest absolute Gasteiger partial charge is 0.00954 e. The first-order valence-electron chi connectivity index (χ1n) is 6.93. The van der Waals surface area contributed by atoms with Gasteiger partial charge in [-0.15, -0.1) is 0 Å². The van der Waals surface area contributed by atoms with E-state index >= 15 is 0 Å². The van der Waals surface area contributed by atoms with Gasteiger partial charge in [0.1, 0.15) is 0 Å². The molecule has 0 radical (unpaired) electrons. The molecule has 15 heavy (non-hydrogen) atoms. The van der Waals surface area contributed by atoms with E-state index in [-0.39, 0.29) is 0 Å². The van der Waals surface area contributed by atoms with Gasteiger partial charge in [0.2, 0.25) is 0 Å². The summed E-state index contributed by atoms with van der Waals surface area (Å²) in [7, 11) is 0. The maximum atomic E-state index is 3.88. The van der Waals surface area contributed by atoms with Crippen LogP contribution >= 0.6 is 0 Å². The monoisotopic (exact) mass is 211 g/mol. The van der Waals surface area contributed by atoms with Gasteiger partial charge in [0.25, 0.3) is 0 Å². The van der Waals surface area contributed by atoms with Crippen molar-refractivity contribution in [3.63, 3.8) is 0 Å². The van der Waals surface area contributed by atoms with Crippen LogP contribution in [0.3, 0.4) is 0 Å². The highest BCUT2D eigenvalue weighted by Gasteiger charge is 2.26. The van der Waals surface area contributed by atoms with Gasteiger partial charge in [-0.05, 0) is 43.9 Å². The highest BCUT2D eigenvalue weighted by molar-refractivity contribution is 4.83. The molecule has 0 aromatic heterocycles. The van der Waals surface area contributed by atoms with Crippen LogP contribution in [0.5, 0.6) is 0 Å². The van der Waals surface area contributed by atoms with Crippen LogP contribution in [0, 0.1) is 11.8 Å². The van der Waals surface area contributed by atoms with Gasteiger partial charge < -0.3 is 5.32 Å². The first-order chi connectivity index (χ1) is 7.17. The molecule has 0 bridgehead atoms. The maximum absolute atomic E-state index is 3.88. The summed E-state index contributed by atoms with van der Waals surface area (Å²) in [5.74, 6) is 1.82. The lowest BCUT2D eigenvalue weighted by Gasteiger charge is -2.35. The average Bonchev–Trinajstić information content (AvgIpc) is 2.21. The van der Waals surface area contributed by atoms with E-state index in [4.69, 9.17) is 0 Å². The van der Waals surface area contributed by atoms with Gasteiger partial charge >= 0.3 is 0 Å². The van der Waals surface area contributed by atoms with E-state index in [1.165, 1.54) is 38.5 Å². The van der Waals surface area contributed by atoms with Crippen molar-refractivity contribution >= 4 is 0 Å². The van der Waals surface area contributed by atoms with Gasteiger partial charge in [-0.2, -0.15) is 0 Å². The van der Waals surface area contributed by atoms with E-state index in [1.807, 2.05) is 0 Å². The third-order valence-corrected chi connectivity index (χ3v) is 4.01. The lowest BCUT2D eigenvalue weighted by molar-refractivity contribution is 0.208. The van der Waals surface area contributed by atoms with Crippen molar-refractivity contribution in [3.05, 3.63) is 0 Å². The van der Waals surface area contributed by atoms with Crippen molar-refractivity contribution in [1.82, 2.24) is 5.32 Å². The minimum absolute atomic E-state index is 0.760. The van der Waals surface area contributed by atoms with Crippen molar-refractivity contribution in [3.8, 4) is 0 Å². The Bertz CT molecular complexity index is 167. The average molecular weight is 211 g/mol. The summed E-state index contributed by atoms with van der Waals surface area (Å²) in [6.45, 7) is 9.42. The van der Waals surface area contributed by atoms with Crippen LogP contribution in [0.15, 0.2) is 0 Å². The highest BCUT2D eigenvalue weighted by Crippen LogP contribution is 2.29. The number of hydrogen-bond acceptors (Lipinski definition) is 1. The summed E-state index contributed by atoms with van der Waals surface area (Å²) in [5.41, 5.74) is 0. The number of hydrogen-bond donors (Lipinski definition) is 1. The van der Waals surface area contributed by atoms with Crippen molar-refractivity contribution < 1.29 is 0 Å². The van der Waals surface area contributed by atoms with E-state index in [9.17, 15) is 0 Å². The minimum atomic E-state index is 0.760. The van der Waals surface area contributed by atoms with Crippen molar-refractivity contribution in [2.24, 2.45) is 11.8 Å². The van der Waals surface area contributed by atoms with E-state index in [0.717, 1.165) is 23.9 Å². The van der Waals surface area contributed by atoms with Crippen LogP contribution in [0.4, 0.5) is 0 Å². The summed E-state index contributed by atoms with van der Waals surface area (Å²) < 4.78 is 0. The SMILES string of the molecule is CCCC(CC)NC1CCC(C)CC1C. The van der Waals surface area contributed by atoms with Crippen LogP contribution in [0.1, 0.15) is 66.2 Å². The van der Waals surface area contributed by atoms with Crippen molar-refractivity contribution in [2.45, 2.75) is 78.3 Å². The lowest BCUT2D eigenvalue weighted by Crippen LogP contribution is -2.44. The molecule has 1 fully saturated rings. The molecular weight excluding hydrogens is 182 g/mol. The van der Waals surface area contributed by atoms with Gasteiger partial charge in [-0.1, -0.05) is 34.1 Å². The molecule has 1 N–H and O–H groups in total. The normalized spacial score (nSPS) is 34.0. The summed E-state index contributed by atoms with van der Waals surface area (Å²) in [6, 6.07) is 1.55. The Hall–Kier alpha value is -0.0400. The Morgan fingerprint density at radius 2 is 1.93 bits per heavy atom. The van der Waals surface area contributed by atoms with Crippen molar-refractivity contribution in [1.29, 1.82) is 0 Å². The molecule has 1 aliphatic rings. The van der Waals surface area contributed by atoms with Crippen LogP contribution in [-0.4, -0.2) is 12.1 Å². The van der Waals surface area contributed by atoms with Crippen LogP contribution < -0.4 is 5.32 Å². The second-order valence-electron chi connectivity index (χ2n) is 5.56. The Balaban J connectivity index is 2.35. The summed E-state index contributed by atoms with van der Waals surface area (Å²) in [5, 5.41) is 3.88. The molecular formula is C14H29N. The molecule has 0 aromatic carbocycles. The largest absolute Gasteiger partial charge is 0.311 e. The van der Waals surface area contributed by atoms with Gasteiger partial charge in [-0.25, -0.2) is 0 Å². The molecule has 90 valence electrons. The molecule has 4 atom stereocenters. The van der Waals surface area contributed by atoms with E-state index in [0.29, 0.717) is 0 Å². The quantitative estimate of drug-likeness (QED) is 0.725. The molecule has 0 amide bonds. The fourth-order valence-electron chi connectivity index (χ4n) is 2.97. The maximum Gasteiger partial charge on any atom is 0.00954 e. The van der Waals surface area contributed by atoms with Gasteiger partial charge in [0.15, 0.2) is 0 Å². The summed E-state index contributed by atoms with van der Waals surface area (Å²) >= 11 is 0. The van der Waals surface area contributed by atoms with E-state index in [2.05, 4.69) is 33.0 Å². The topological polar surface area (TPSA) is 12.0 Å². The lowest BCUT2D eigenvalue weighted by atomic mass is 9.79. The molecule has 1 nitrogen and oxygen atoms in total. The number of rotatable bonds is 5. The first-order valence-corrected chi connectivity index (χ1v) is 6.93. The van der Waals surface area contributed by atoms with Gasteiger partial charge in [-0.3, -0.25) is 0 Å². The van der Waals surface area contributed by atoms with E-state index in [1.54, 1.807) is 0 Å². The predicted molar refractivity (Wildman–Crippen MR) is 68.1 cm³/mol. The Labute approximate surface area is 96.0 Å². The van der Waals surface area contributed by atoms with Crippen molar-refractivity contribution in [2.75, 3.05) is 0 Å². The zero-order valence-corrected chi connectivity index (χ0v) is 11.1. The predicted octanol–water partition coefficient (Wildman–Crippen LogP) is 3.98. The Morgan fingerprint density at radius 1 is 1.20 bits per heavy atom. The van der Waals surface area contributed by atoms with Crippen LogP contribution in [-0.2, 0) is 0 Å². The molecule has 1 aliphatic carbocycles. The third kappa shape index (κ3) is 4.14. The highest BCUT2D eigenvalue weighted by atomic mass is 15.0. The van der Waals surface area contributed by atoms with Gasteiger partial charge in [0.05, 0.1) is 0 Å². The second-order valence-corrected chi connectivity index (χ2v) is 5.56. The molecule has 0 heterocycles. The van der Waals surface area contributed by atoms with E-state index < -0.39 is 0 Å². The summed E-state index contributed by atoms with van der Waals surface area (Å²) in [4.78, 5) is 0. The second kappa shape index (κ2) is 6.52. The number of nitrogens with one attached hydrogen (secondary N) is 1. The molecule has 0 aliphatic heterocycles. The zero-order chi connectivity index (χ0) is 11.3. The fourth-order valence-corrected chi connectivity index (χ4v) is 2.97. The molecule has 0 spiro atoms. The van der Waals surface area contributed by atoms with Crippen LogP contribution in [0.25, 0.3) is 0 Å². The third-order valence-electron chi connectivity index (χ3n) is 4.01. The molecule has 1 rings (SSSR count). The Morgan fingerprint density at radius 3 is 2.47 bits per heavy atom. The molecule has 0 saturated heterocycles. The fraction of sp³-hybridized carbons (Fsp3) is 1.00. The minimum Gasteiger partial charge on any atom is -0.311 e. The Kier molecular flexibility index (Phi) is 5.66. The zero-order valence-electron chi connectivity index (χ0n) is 11.1. The molecule has 1 heteroatoms. The first kappa shape index (κ1) is 13.0. The molecule has 0 aromatic rings. The summed E-state index contributed by atoms with van der Waals surface area (Å²) in [6.07, 6.45) is 8.16.